The minimum absolute atomic E-state index is 0.612. The van der Waals surface area contributed by atoms with Gasteiger partial charge >= 0.3 is 0 Å². The number of benzene rings is 1. The smallest absolute Gasteiger partial charge is 0.0366 e. The van der Waals surface area contributed by atoms with Crippen molar-refractivity contribution in [3.05, 3.63) is 30.3 Å². The lowest BCUT2D eigenvalue weighted by atomic mass is 9.72. The maximum atomic E-state index is 5.61. The van der Waals surface area contributed by atoms with Crippen LogP contribution in [0.2, 0.25) is 0 Å². The fourth-order valence-corrected chi connectivity index (χ4v) is 3.44. The maximum absolute atomic E-state index is 5.61. The van der Waals surface area contributed by atoms with Crippen LogP contribution in [0, 0.1) is 5.41 Å². The zero-order valence-electron chi connectivity index (χ0n) is 11.0. The highest BCUT2D eigenvalue weighted by atomic mass is 15.2. The molecule has 0 atom stereocenters. The van der Waals surface area contributed by atoms with Crippen LogP contribution >= 0.6 is 0 Å². The fraction of sp³-hybridized carbons (Fsp3) is 0.600. The number of nitrogens with two attached hydrogens (primary N) is 1. The monoisotopic (exact) mass is 245 g/mol. The van der Waals surface area contributed by atoms with Crippen LogP contribution < -0.4 is 10.6 Å². The Balaban J connectivity index is 1.53. The highest BCUT2D eigenvalue weighted by Crippen LogP contribution is 2.40. The van der Waals surface area contributed by atoms with E-state index in [1.165, 1.54) is 44.7 Å². The molecule has 3 rings (SSSR count). The quantitative estimate of drug-likeness (QED) is 0.877. The molecule has 0 saturated carbocycles. The topological polar surface area (TPSA) is 32.5 Å². The third-order valence-corrected chi connectivity index (χ3v) is 4.51. The molecule has 18 heavy (non-hydrogen) atoms. The number of anilines is 1. The molecule has 0 bridgehead atoms. The van der Waals surface area contributed by atoms with Gasteiger partial charge in [-0.05, 0) is 30.4 Å². The van der Waals surface area contributed by atoms with Gasteiger partial charge in [-0.3, -0.25) is 0 Å². The summed E-state index contributed by atoms with van der Waals surface area (Å²) in [7, 11) is 0. The summed E-state index contributed by atoms with van der Waals surface area (Å²) in [5, 5.41) is 0. The molecular weight excluding hydrogens is 222 g/mol. The van der Waals surface area contributed by atoms with Gasteiger partial charge in [0, 0.05) is 45.0 Å². The summed E-state index contributed by atoms with van der Waals surface area (Å²) in [4.78, 5) is 5.02. The Kier molecular flexibility index (Phi) is 3.27. The fourth-order valence-electron chi connectivity index (χ4n) is 3.44. The van der Waals surface area contributed by atoms with Gasteiger partial charge in [-0.15, -0.1) is 0 Å². The van der Waals surface area contributed by atoms with Crippen LogP contribution in [-0.4, -0.2) is 44.2 Å². The van der Waals surface area contributed by atoms with E-state index < -0.39 is 0 Å². The van der Waals surface area contributed by atoms with Crippen LogP contribution in [-0.2, 0) is 0 Å². The van der Waals surface area contributed by atoms with Gasteiger partial charge in [0.25, 0.3) is 0 Å². The number of hydrogen-bond donors (Lipinski definition) is 1. The second-order valence-corrected chi connectivity index (χ2v) is 5.82. The molecule has 1 aromatic rings. The molecule has 2 aliphatic rings. The van der Waals surface area contributed by atoms with Gasteiger partial charge in [-0.1, -0.05) is 18.2 Å². The average molecular weight is 245 g/mol. The Labute approximate surface area is 110 Å². The average Bonchev–Trinajstić information content (AvgIpc) is 2.39. The van der Waals surface area contributed by atoms with Crippen molar-refractivity contribution in [3.63, 3.8) is 0 Å². The largest absolute Gasteiger partial charge is 0.371 e. The molecule has 0 radical (unpaired) electrons. The standard InChI is InChI=1S/C15H23N3/c16-8-11-17-12-15(13-17)6-9-18(10-7-15)14-4-2-1-3-5-14/h1-5H,6-13,16H2. The summed E-state index contributed by atoms with van der Waals surface area (Å²) in [6.45, 7) is 6.83. The Morgan fingerprint density at radius 1 is 1.06 bits per heavy atom. The van der Waals surface area contributed by atoms with Crippen molar-refractivity contribution in [2.75, 3.05) is 44.2 Å². The third kappa shape index (κ3) is 2.25. The molecule has 2 N–H and O–H groups in total. The Bertz CT molecular complexity index is 374. The predicted molar refractivity (Wildman–Crippen MR) is 75.8 cm³/mol. The van der Waals surface area contributed by atoms with Crippen molar-refractivity contribution >= 4 is 5.69 Å². The lowest BCUT2D eigenvalue weighted by Gasteiger charge is -2.54. The van der Waals surface area contributed by atoms with E-state index in [9.17, 15) is 0 Å². The molecule has 1 aromatic carbocycles. The molecule has 0 aliphatic carbocycles. The van der Waals surface area contributed by atoms with Crippen molar-refractivity contribution in [2.24, 2.45) is 11.1 Å². The third-order valence-electron chi connectivity index (χ3n) is 4.51. The van der Waals surface area contributed by atoms with Crippen molar-refractivity contribution in [2.45, 2.75) is 12.8 Å². The molecule has 2 fully saturated rings. The zero-order chi connectivity index (χ0) is 12.4. The van der Waals surface area contributed by atoms with Crippen molar-refractivity contribution in [3.8, 4) is 0 Å². The highest BCUT2D eigenvalue weighted by Gasteiger charge is 2.44. The molecule has 98 valence electrons. The van der Waals surface area contributed by atoms with Crippen LogP contribution in [0.25, 0.3) is 0 Å². The van der Waals surface area contributed by atoms with Gasteiger partial charge in [-0.25, -0.2) is 0 Å². The molecule has 2 aliphatic heterocycles. The van der Waals surface area contributed by atoms with Gasteiger partial charge in [0.05, 0.1) is 0 Å². The van der Waals surface area contributed by atoms with E-state index in [0.717, 1.165) is 13.1 Å². The summed E-state index contributed by atoms with van der Waals surface area (Å²) in [6.07, 6.45) is 2.67. The molecule has 2 heterocycles. The number of piperidine rings is 1. The molecule has 2 saturated heterocycles. The molecule has 0 unspecified atom stereocenters. The van der Waals surface area contributed by atoms with Gasteiger partial charge in [0.15, 0.2) is 0 Å². The number of nitrogens with zero attached hydrogens (tertiary/aromatic N) is 2. The van der Waals surface area contributed by atoms with Crippen LogP contribution in [0.1, 0.15) is 12.8 Å². The molecule has 1 spiro atoms. The number of likely N-dealkylation sites (tertiary alicyclic amines) is 1. The number of rotatable bonds is 3. The van der Waals surface area contributed by atoms with Crippen LogP contribution in [0.5, 0.6) is 0 Å². The number of hydrogen-bond acceptors (Lipinski definition) is 3. The SMILES string of the molecule is NCCN1CC2(CCN(c3ccccc3)CC2)C1. The summed E-state index contributed by atoms with van der Waals surface area (Å²) < 4.78 is 0. The van der Waals surface area contributed by atoms with Crippen molar-refractivity contribution in [1.82, 2.24) is 4.90 Å². The maximum Gasteiger partial charge on any atom is 0.0366 e. The highest BCUT2D eigenvalue weighted by molar-refractivity contribution is 5.46. The molecule has 3 heteroatoms. The molecular formula is C15H23N3. The second kappa shape index (κ2) is 4.90. The van der Waals surface area contributed by atoms with Gasteiger partial charge in [0.2, 0.25) is 0 Å². The number of para-hydroxylation sites is 1. The van der Waals surface area contributed by atoms with Gasteiger partial charge in [0.1, 0.15) is 0 Å². The van der Waals surface area contributed by atoms with Gasteiger partial charge < -0.3 is 15.5 Å². The first-order chi connectivity index (χ1) is 8.81. The van der Waals surface area contributed by atoms with E-state index >= 15 is 0 Å². The minimum Gasteiger partial charge on any atom is -0.371 e. The summed E-state index contributed by atoms with van der Waals surface area (Å²) >= 11 is 0. The molecule has 3 nitrogen and oxygen atoms in total. The van der Waals surface area contributed by atoms with Gasteiger partial charge in [-0.2, -0.15) is 0 Å². The Morgan fingerprint density at radius 2 is 1.72 bits per heavy atom. The normalized spacial score (nSPS) is 23.1. The molecule has 0 aromatic heterocycles. The van der Waals surface area contributed by atoms with E-state index in [1.54, 1.807) is 0 Å². The Hall–Kier alpha value is -1.06. The van der Waals surface area contributed by atoms with Crippen molar-refractivity contribution < 1.29 is 0 Å². The summed E-state index contributed by atoms with van der Waals surface area (Å²) in [5.41, 5.74) is 7.60. The van der Waals surface area contributed by atoms with Crippen LogP contribution in [0.15, 0.2) is 30.3 Å². The zero-order valence-corrected chi connectivity index (χ0v) is 11.0. The first-order valence-electron chi connectivity index (χ1n) is 7.04. The van der Waals surface area contributed by atoms with Crippen LogP contribution in [0.3, 0.4) is 0 Å². The second-order valence-electron chi connectivity index (χ2n) is 5.82. The van der Waals surface area contributed by atoms with E-state index in [-0.39, 0.29) is 0 Å². The first-order valence-corrected chi connectivity index (χ1v) is 7.04. The van der Waals surface area contributed by atoms with E-state index in [0.29, 0.717) is 5.41 Å². The molecule has 0 amide bonds. The van der Waals surface area contributed by atoms with E-state index in [2.05, 4.69) is 40.1 Å². The van der Waals surface area contributed by atoms with Crippen LogP contribution in [0.4, 0.5) is 5.69 Å². The first kappa shape index (κ1) is 12.0. The predicted octanol–water partition coefficient (Wildman–Crippen LogP) is 1.55. The lowest BCUT2D eigenvalue weighted by Crippen LogP contribution is -2.61. The Morgan fingerprint density at radius 3 is 2.33 bits per heavy atom. The van der Waals surface area contributed by atoms with E-state index in [4.69, 9.17) is 5.73 Å². The summed E-state index contributed by atoms with van der Waals surface area (Å²) in [5.74, 6) is 0. The summed E-state index contributed by atoms with van der Waals surface area (Å²) in [6, 6.07) is 10.8. The minimum atomic E-state index is 0.612. The van der Waals surface area contributed by atoms with E-state index in [1.807, 2.05) is 0 Å². The lowest BCUT2D eigenvalue weighted by molar-refractivity contribution is -0.0158. The van der Waals surface area contributed by atoms with Crippen molar-refractivity contribution in [1.29, 1.82) is 0 Å².